The second kappa shape index (κ2) is 35.0. The number of hydroxylamine groups is 2. The Balaban J connectivity index is 0.742. The largest absolute Gasteiger partial charge is 0.378 e. The fraction of sp³-hybridized carbons (Fsp3) is 0.611. The van der Waals surface area contributed by atoms with Crippen molar-refractivity contribution in [2.24, 2.45) is 0 Å². The van der Waals surface area contributed by atoms with Crippen LogP contribution in [0.5, 0.6) is 0 Å². The molecule has 3 unspecified atom stereocenters. The summed E-state index contributed by atoms with van der Waals surface area (Å²) >= 11 is 1.86. The van der Waals surface area contributed by atoms with Gasteiger partial charge in [0.2, 0.25) is 17.7 Å². The van der Waals surface area contributed by atoms with Crippen LogP contribution in [0, 0.1) is 11.8 Å². The highest BCUT2D eigenvalue weighted by Gasteiger charge is 2.42. The minimum absolute atomic E-state index is 0.0253. The van der Waals surface area contributed by atoms with Crippen molar-refractivity contribution in [2.45, 2.75) is 81.7 Å². The number of para-hydroxylation sites is 1. The zero-order chi connectivity index (χ0) is 54.3. The molecule has 3 saturated heterocycles. The number of hydrogen-bond acceptors (Lipinski definition) is 17. The number of anilines is 1. The number of hydrogen-bond donors (Lipinski definition) is 3. The number of carbonyl (C=O) groups excluding carboxylic acids is 7. The number of ether oxygens (including phenoxy) is 8. The molecule has 0 spiro atoms. The SMILES string of the molecule is O=C(CCC(=O)N1Cc2ccccc2C#Cc2ccccc21)NCCOCCOCCOCCOCCN(CCOCCOCCOCCOCCC(=O)ON1C(=O)CCC1=O)C(=O)CCCCC1SCC2NC(=O)NC21. The summed E-state index contributed by atoms with van der Waals surface area (Å²) < 4.78 is 44.8. The van der Waals surface area contributed by atoms with Crippen LogP contribution in [-0.4, -0.2) is 200 Å². The highest BCUT2D eigenvalue weighted by Crippen LogP contribution is 2.33. The standard InChI is InChI=1S/C54H74N6O16S/c61-47(15-16-49(63)59-39-43-9-2-1-7-41(43)13-14-42-8-3-4-10-45(42)59)55-20-24-69-28-32-73-36-38-75-34-30-71-26-22-58(48(62)12-6-5-11-46-53-44(40-77-46)56-54(67)57-53)21-25-70-29-33-74-37-35-72-31-27-68-23-19-52(66)76-60-50(64)17-18-51(60)65/h1-4,7-10,44,46,53H,5-6,11-12,15-40H2,(H,55,61)(H2,56,57,67). The third-order valence-corrected chi connectivity index (χ3v) is 14.1. The predicted octanol–water partition coefficient (Wildman–Crippen LogP) is 2.51. The van der Waals surface area contributed by atoms with E-state index in [4.69, 9.17) is 42.7 Å². The Morgan fingerprint density at radius 2 is 1.18 bits per heavy atom. The van der Waals surface area contributed by atoms with E-state index in [9.17, 15) is 33.6 Å². The van der Waals surface area contributed by atoms with Gasteiger partial charge in [0, 0.05) is 73.9 Å². The quantitative estimate of drug-likeness (QED) is 0.0377. The molecule has 2 aromatic rings. The van der Waals surface area contributed by atoms with Gasteiger partial charge in [-0.3, -0.25) is 24.0 Å². The van der Waals surface area contributed by atoms with Crippen LogP contribution < -0.4 is 20.9 Å². The molecular formula is C54H74N6O16S. The third kappa shape index (κ3) is 21.9. The molecule has 7 amide bonds. The van der Waals surface area contributed by atoms with Crippen LogP contribution in [0.2, 0.25) is 0 Å². The molecule has 3 atom stereocenters. The molecule has 0 aromatic heterocycles. The van der Waals surface area contributed by atoms with Crippen molar-refractivity contribution < 1.29 is 76.3 Å². The maximum Gasteiger partial charge on any atom is 0.335 e. The van der Waals surface area contributed by atoms with Gasteiger partial charge in [-0.05, 0) is 36.6 Å². The van der Waals surface area contributed by atoms with Gasteiger partial charge in [-0.2, -0.15) is 11.8 Å². The van der Waals surface area contributed by atoms with Crippen molar-refractivity contribution in [3.05, 3.63) is 65.2 Å². The van der Waals surface area contributed by atoms with Gasteiger partial charge in [0.05, 0.1) is 136 Å². The van der Waals surface area contributed by atoms with Gasteiger partial charge in [0.1, 0.15) is 0 Å². The van der Waals surface area contributed by atoms with Crippen LogP contribution in [0.15, 0.2) is 48.5 Å². The number of nitrogens with zero attached hydrogens (tertiary/aromatic N) is 3. The summed E-state index contributed by atoms with van der Waals surface area (Å²) in [5, 5.41) is 9.66. The molecule has 6 rings (SSSR count). The smallest absolute Gasteiger partial charge is 0.335 e. The summed E-state index contributed by atoms with van der Waals surface area (Å²) in [6.45, 7) is 6.54. The number of carbonyl (C=O) groups is 7. The number of unbranched alkanes of at least 4 members (excludes halogenated alkanes) is 1. The Morgan fingerprint density at radius 1 is 0.623 bits per heavy atom. The van der Waals surface area contributed by atoms with Gasteiger partial charge in [0.25, 0.3) is 11.8 Å². The fourth-order valence-corrected chi connectivity index (χ4v) is 10.1. The highest BCUT2D eigenvalue weighted by molar-refractivity contribution is 8.00. The van der Waals surface area contributed by atoms with Crippen LogP contribution in [0.3, 0.4) is 0 Å². The molecule has 4 aliphatic rings. The number of nitrogens with one attached hydrogen (secondary N) is 3. The molecule has 2 aromatic carbocycles. The van der Waals surface area contributed by atoms with E-state index < -0.39 is 17.8 Å². The van der Waals surface area contributed by atoms with Gasteiger partial charge in [0.15, 0.2) is 0 Å². The third-order valence-electron chi connectivity index (χ3n) is 12.6. The van der Waals surface area contributed by atoms with Crippen LogP contribution in [0.4, 0.5) is 10.5 Å². The normalized spacial score (nSPS) is 17.4. The summed E-state index contributed by atoms with van der Waals surface area (Å²) in [5.41, 5.74) is 3.33. The molecule has 22 nitrogen and oxygen atoms in total. The summed E-state index contributed by atoms with van der Waals surface area (Å²) in [7, 11) is 0. The van der Waals surface area contributed by atoms with Crippen LogP contribution in [0.25, 0.3) is 0 Å². The molecule has 0 radical (unpaired) electrons. The first-order valence-corrected chi connectivity index (χ1v) is 27.6. The first-order valence-electron chi connectivity index (χ1n) is 26.6. The lowest BCUT2D eigenvalue weighted by Crippen LogP contribution is -2.37. The minimum atomic E-state index is -0.724. The highest BCUT2D eigenvalue weighted by atomic mass is 32.2. The Morgan fingerprint density at radius 3 is 1.83 bits per heavy atom. The van der Waals surface area contributed by atoms with E-state index in [0.717, 1.165) is 47.4 Å². The topological polar surface area (TPSA) is 248 Å². The molecule has 0 aliphatic carbocycles. The second-order valence-corrected chi connectivity index (χ2v) is 19.5. The average molecular weight is 1100 g/mol. The molecule has 422 valence electrons. The van der Waals surface area contributed by atoms with Crippen LogP contribution >= 0.6 is 11.8 Å². The number of imide groups is 1. The number of amides is 7. The summed E-state index contributed by atoms with van der Waals surface area (Å²) in [4.78, 5) is 94.3. The fourth-order valence-electron chi connectivity index (χ4n) is 8.53. The van der Waals surface area contributed by atoms with Crippen molar-refractivity contribution in [1.29, 1.82) is 0 Å². The monoisotopic (exact) mass is 1090 g/mol. The van der Waals surface area contributed by atoms with Gasteiger partial charge in [-0.1, -0.05) is 48.6 Å². The van der Waals surface area contributed by atoms with E-state index in [1.165, 1.54) is 0 Å². The number of benzene rings is 2. The van der Waals surface area contributed by atoms with E-state index in [1.54, 1.807) is 9.80 Å². The first-order chi connectivity index (χ1) is 37.7. The zero-order valence-electron chi connectivity index (χ0n) is 43.8. The Hall–Kier alpha value is -5.68. The molecule has 77 heavy (non-hydrogen) atoms. The van der Waals surface area contributed by atoms with Gasteiger partial charge < -0.3 is 68.5 Å². The number of rotatable bonds is 39. The summed E-state index contributed by atoms with van der Waals surface area (Å²) in [6.07, 6.45) is 3.02. The van der Waals surface area contributed by atoms with Crippen molar-refractivity contribution >= 4 is 59.0 Å². The van der Waals surface area contributed by atoms with E-state index >= 15 is 0 Å². The van der Waals surface area contributed by atoms with E-state index in [2.05, 4.69) is 27.8 Å². The van der Waals surface area contributed by atoms with Crippen molar-refractivity contribution in [1.82, 2.24) is 25.9 Å². The Bertz CT molecular complexity index is 2270. The zero-order valence-corrected chi connectivity index (χ0v) is 44.7. The lowest BCUT2D eigenvalue weighted by Gasteiger charge is -2.26. The maximum atomic E-state index is 13.4. The number of fused-ring (bicyclic) bond motifs is 3. The van der Waals surface area contributed by atoms with Gasteiger partial charge in [-0.25, -0.2) is 9.59 Å². The average Bonchev–Trinajstić information content (AvgIpc) is 4.10. The van der Waals surface area contributed by atoms with Crippen molar-refractivity contribution in [3.8, 4) is 11.8 Å². The molecule has 3 fully saturated rings. The van der Waals surface area contributed by atoms with Crippen LogP contribution in [0.1, 0.15) is 74.5 Å². The molecule has 0 bridgehead atoms. The number of thioether (sulfide) groups is 1. The Labute approximate surface area is 454 Å². The minimum Gasteiger partial charge on any atom is -0.378 e. The summed E-state index contributed by atoms with van der Waals surface area (Å²) in [5.74, 6) is 5.16. The van der Waals surface area contributed by atoms with E-state index in [0.29, 0.717) is 129 Å². The molecule has 23 heteroatoms. The van der Waals surface area contributed by atoms with Crippen LogP contribution in [-0.2, 0) is 78.0 Å². The molecule has 4 heterocycles. The van der Waals surface area contributed by atoms with E-state index in [-0.39, 0.29) is 87.8 Å². The van der Waals surface area contributed by atoms with E-state index in [1.807, 2.05) is 60.3 Å². The van der Waals surface area contributed by atoms with Gasteiger partial charge in [-0.15, -0.1) is 5.06 Å². The van der Waals surface area contributed by atoms with Crippen molar-refractivity contribution in [2.75, 3.05) is 136 Å². The lowest BCUT2D eigenvalue weighted by atomic mass is 10.0. The lowest BCUT2D eigenvalue weighted by molar-refractivity contribution is -0.198. The molecular weight excluding hydrogens is 1020 g/mol. The molecule has 3 N–H and O–H groups in total. The first kappa shape index (κ1) is 60.5. The number of urea groups is 1. The summed E-state index contributed by atoms with van der Waals surface area (Å²) in [6, 6.07) is 15.5. The maximum absolute atomic E-state index is 13.4. The molecule has 4 aliphatic heterocycles. The predicted molar refractivity (Wildman–Crippen MR) is 281 cm³/mol. The molecule has 0 saturated carbocycles. The Kier molecular flexibility index (Phi) is 27.5. The van der Waals surface area contributed by atoms with Crippen molar-refractivity contribution in [3.63, 3.8) is 0 Å². The second-order valence-electron chi connectivity index (χ2n) is 18.2. The van der Waals surface area contributed by atoms with Gasteiger partial charge >= 0.3 is 12.0 Å².